The Morgan fingerprint density at radius 1 is 1.17 bits per heavy atom. The van der Waals surface area contributed by atoms with E-state index in [1.165, 1.54) is 18.3 Å². The number of aryl methyl sites for hydroxylation is 1. The van der Waals surface area contributed by atoms with Gasteiger partial charge in [-0.15, -0.1) is 0 Å². The molecule has 1 aliphatic carbocycles. The number of nitrogens with zero attached hydrogens (tertiary/aromatic N) is 3. The predicted molar refractivity (Wildman–Crippen MR) is 118 cm³/mol. The average molecular weight is 512 g/mol. The van der Waals surface area contributed by atoms with Crippen molar-refractivity contribution in [3.05, 3.63) is 75.9 Å². The van der Waals surface area contributed by atoms with Gasteiger partial charge in [0.05, 0.1) is 22.7 Å². The number of rotatable bonds is 6. The molecule has 2 aromatic heterocycles. The molecule has 2 N–H and O–H groups in total. The van der Waals surface area contributed by atoms with Gasteiger partial charge in [0, 0.05) is 12.2 Å². The number of urea groups is 1. The van der Waals surface area contributed by atoms with Crippen molar-refractivity contribution in [1.29, 1.82) is 0 Å². The van der Waals surface area contributed by atoms with Gasteiger partial charge in [-0.1, -0.05) is 29.6 Å². The zero-order valence-electron chi connectivity index (χ0n) is 18.6. The van der Waals surface area contributed by atoms with Gasteiger partial charge in [-0.05, 0) is 55.7 Å². The van der Waals surface area contributed by atoms with Crippen LogP contribution in [0.1, 0.15) is 54.2 Å². The van der Waals surface area contributed by atoms with Gasteiger partial charge in [0.2, 0.25) is 5.89 Å². The summed E-state index contributed by atoms with van der Waals surface area (Å²) in [5.41, 5.74) is -3.10. The summed E-state index contributed by atoms with van der Waals surface area (Å²) in [7, 11) is 0. The fourth-order valence-electron chi connectivity index (χ4n) is 4.27. The molecule has 2 amide bonds. The molecule has 1 atom stereocenters. The Labute approximate surface area is 203 Å². The third-order valence-electron chi connectivity index (χ3n) is 5.89. The lowest BCUT2D eigenvalue weighted by atomic mass is 9.82. The molecular weight excluding hydrogens is 490 g/mol. The highest BCUT2D eigenvalue weighted by Gasteiger charge is 2.42. The van der Waals surface area contributed by atoms with Crippen LogP contribution in [0, 0.1) is 12.7 Å². The average Bonchev–Trinajstić information content (AvgIpc) is 3.44. The lowest BCUT2D eigenvalue weighted by Gasteiger charge is -2.35. The third-order valence-corrected chi connectivity index (χ3v) is 6.11. The SMILES string of the molecule is Cc1noc(CC(NC(=O)NC2CCCC2)(c2cc(F)cc(C(F)(F)F)c2)c2ccc(Cl)cn2)n1. The third kappa shape index (κ3) is 5.72. The van der Waals surface area contributed by atoms with E-state index in [2.05, 4.69) is 25.8 Å². The summed E-state index contributed by atoms with van der Waals surface area (Å²) in [6.45, 7) is 1.57. The van der Waals surface area contributed by atoms with Crippen molar-refractivity contribution in [3.63, 3.8) is 0 Å². The Bertz CT molecular complexity index is 1200. The number of carbonyl (C=O) groups excluding carboxylic acids is 1. The van der Waals surface area contributed by atoms with Crippen LogP contribution in [0.4, 0.5) is 22.4 Å². The fraction of sp³-hybridized carbons (Fsp3) is 0.391. The molecule has 1 unspecified atom stereocenters. The minimum absolute atomic E-state index is 0.0123. The molecule has 1 saturated carbocycles. The monoisotopic (exact) mass is 511 g/mol. The first-order chi connectivity index (χ1) is 16.5. The van der Waals surface area contributed by atoms with E-state index in [9.17, 15) is 22.4 Å². The fourth-order valence-corrected chi connectivity index (χ4v) is 4.38. The second-order valence-corrected chi connectivity index (χ2v) is 8.92. The second kappa shape index (κ2) is 9.80. The molecule has 0 aliphatic heterocycles. The summed E-state index contributed by atoms with van der Waals surface area (Å²) in [6, 6.07) is 4.26. The molecule has 0 spiro atoms. The molecule has 4 rings (SSSR count). The van der Waals surface area contributed by atoms with Crippen molar-refractivity contribution in [2.75, 3.05) is 0 Å². The summed E-state index contributed by atoms with van der Waals surface area (Å²) in [5.74, 6) is -0.838. The Balaban J connectivity index is 1.88. The van der Waals surface area contributed by atoms with Crippen LogP contribution in [-0.4, -0.2) is 27.2 Å². The van der Waals surface area contributed by atoms with Crippen molar-refractivity contribution in [2.45, 2.75) is 56.8 Å². The number of pyridine rings is 1. The van der Waals surface area contributed by atoms with Gasteiger partial charge in [-0.25, -0.2) is 9.18 Å². The van der Waals surface area contributed by atoms with E-state index in [4.69, 9.17) is 16.1 Å². The highest BCUT2D eigenvalue weighted by atomic mass is 35.5. The van der Waals surface area contributed by atoms with E-state index in [1.807, 2.05) is 0 Å². The van der Waals surface area contributed by atoms with Gasteiger partial charge in [0.25, 0.3) is 0 Å². The zero-order valence-corrected chi connectivity index (χ0v) is 19.4. The minimum Gasteiger partial charge on any atom is -0.339 e. The summed E-state index contributed by atoms with van der Waals surface area (Å²) in [5, 5.41) is 9.60. The van der Waals surface area contributed by atoms with E-state index in [-0.39, 0.29) is 40.5 Å². The van der Waals surface area contributed by atoms with Crippen molar-refractivity contribution in [3.8, 4) is 0 Å². The largest absolute Gasteiger partial charge is 0.416 e. The molecule has 2 heterocycles. The first-order valence-electron chi connectivity index (χ1n) is 10.9. The zero-order chi connectivity index (χ0) is 25.2. The normalized spacial score (nSPS) is 16.2. The van der Waals surface area contributed by atoms with Gasteiger partial charge in [0.1, 0.15) is 11.4 Å². The Morgan fingerprint density at radius 3 is 2.49 bits per heavy atom. The standard InChI is InChI=1S/C23H22ClF4N5O2/c1-13-30-20(35-33-13)11-22(19-7-6-16(24)12-29-19,32-21(34)31-18-4-2-3-5-18)14-8-15(23(26,27)28)10-17(25)9-14/h6-10,12,18H,2-5,11H2,1H3,(H2,31,32,34). The van der Waals surface area contributed by atoms with Gasteiger partial charge >= 0.3 is 12.2 Å². The van der Waals surface area contributed by atoms with Crippen LogP contribution in [0.5, 0.6) is 0 Å². The smallest absolute Gasteiger partial charge is 0.339 e. The van der Waals surface area contributed by atoms with Crippen LogP contribution in [0.25, 0.3) is 0 Å². The molecule has 0 radical (unpaired) electrons. The molecule has 7 nitrogen and oxygen atoms in total. The van der Waals surface area contributed by atoms with E-state index >= 15 is 0 Å². The summed E-state index contributed by atoms with van der Waals surface area (Å²) in [4.78, 5) is 21.5. The number of benzene rings is 1. The Hall–Kier alpha value is -3.21. The molecule has 35 heavy (non-hydrogen) atoms. The van der Waals surface area contributed by atoms with Crippen LogP contribution in [0.15, 0.2) is 41.1 Å². The molecule has 186 valence electrons. The first kappa shape index (κ1) is 24.9. The lowest BCUT2D eigenvalue weighted by Crippen LogP contribution is -2.54. The van der Waals surface area contributed by atoms with Gasteiger partial charge in [0.15, 0.2) is 5.82 Å². The van der Waals surface area contributed by atoms with Crippen LogP contribution in [0.3, 0.4) is 0 Å². The molecule has 1 aromatic carbocycles. The highest BCUT2D eigenvalue weighted by Crippen LogP contribution is 2.37. The molecule has 0 saturated heterocycles. The van der Waals surface area contributed by atoms with E-state index < -0.39 is 29.1 Å². The molecule has 3 aromatic rings. The van der Waals surface area contributed by atoms with Crippen molar-refractivity contribution in [1.82, 2.24) is 25.8 Å². The van der Waals surface area contributed by atoms with Gasteiger partial charge in [-0.3, -0.25) is 4.98 Å². The lowest BCUT2D eigenvalue weighted by molar-refractivity contribution is -0.137. The van der Waals surface area contributed by atoms with Gasteiger partial charge < -0.3 is 15.2 Å². The maximum Gasteiger partial charge on any atom is 0.416 e. The first-order valence-corrected chi connectivity index (χ1v) is 11.3. The van der Waals surface area contributed by atoms with Crippen LogP contribution in [0.2, 0.25) is 5.02 Å². The number of hydrogen-bond donors (Lipinski definition) is 2. The number of aromatic nitrogens is 3. The van der Waals surface area contributed by atoms with Crippen molar-refractivity contribution in [2.24, 2.45) is 0 Å². The Kier molecular flexibility index (Phi) is 6.98. The number of alkyl halides is 3. The Morgan fingerprint density at radius 2 is 1.89 bits per heavy atom. The van der Waals surface area contributed by atoms with Crippen molar-refractivity contribution >= 4 is 17.6 Å². The van der Waals surface area contributed by atoms with E-state index in [1.54, 1.807) is 6.92 Å². The number of halogens is 5. The maximum atomic E-state index is 14.6. The second-order valence-electron chi connectivity index (χ2n) is 8.49. The summed E-state index contributed by atoms with van der Waals surface area (Å²) < 4.78 is 60.6. The summed E-state index contributed by atoms with van der Waals surface area (Å²) in [6.07, 6.45) is -0.374. The summed E-state index contributed by atoms with van der Waals surface area (Å²) >= 11 is 5.99. The number of hydrogen-bond acceptors (Lipinski definition) is 5. The molecule has 1 fully saturated rings. The molecule has 1 aliphatic rings. The quantitative estimate of drug-likeness (QED) is 0.437. The topological polar surface area (TPSA) is 92.9 Å². The van der Waals surface area contributed by atoms with E-state index in [0.717, 1.165) is 37.8 Å². The number of nitrogens with one attached hydrogen (secondary N) is 2. The van der Waals surface area contributed by atoms with Crippen LogP contribution >= 0.6 is 11.6 Å². The number of amides is 2. The predicted octanol–water partition coefficient (Wildman–Crippen LogP) is 5.31. The van der Waals surface area contributed by atoms with Crippen LogP contribution in [-0.2, 0) is 18.1 Å². The van der Waals surface area contributed by atoms with E-state index in [0.29, 0.717) is 6.07 Å². The number of carbonyl (C=O) groups is 1. The molecular formula is C23H22ClF4N5O2. The minimum atomic E-state index is -4.83. The molecule has 12 heteroatoms. The maximum absolute atomic E-state index is 14.6. The highest BCUT2D eigenvalue weighted by molar-refractivity contribution is 6.30. The molecule has 0 bridgehead atoms. The van der Waals surface area contributed by atoms with Crippen molar-refractivity contribution < 1.29 is 26.9 Å². The van der Waals surface area contributed by atoms with Crippen LogP contribution < -0.4 is 10.6 Å². The van der Waals surface area contributed by atoms with Gasteiger partial charge in [-0.2, -0.15) is 18.2 Å².